The quantitative estimate of drug-likeness (QED) is 0.163. The fraction of sp³-hybridized carbons (Fsp3) is 0.143. The largest absolute Gasteiger partial charge is 0.428 e. The van der Waals surface area contributed by atoms with E-state index in [0.29, 0.717) is 54.3 Å². The Labute approximate surface area is 305 Å². The molecular formula is C35H29N13O4S. The number of ether oxygens (including phenoxy) is 2. The second-order valence-electron chi connectivity index (χ2n) is 11.3. The van der Waals surface area contributed by atoms with Crippen LogP contribution in [0.3, 0.4) is 0 Å². The van der Waals surface area contributed by atoms with Crippen LogP contribution >= 0.6 is 11.3 Å². The number of aryl methyl sites for hydroxylation is 1. The van der Waals surface area contributed by atoms with Gasteiger partial charge in [0.1, 0.15) is 5.75 Å². The highest BCUT2D eigenvalue weighted by atomic mass is 32.1. The van der Waals surface area contributed by atoms with Crippen LogP contribution in [0.15, 0.2) is 106 Å². The first kappa shape index (κ1) is 33.2. The van der Waals surface area contributed by atoms with Crippen LogP contribution in [0, 0.1) is 6.92 Å². The molecule has 0 atom stereocenters. The summed E-state index contributed by atoms with van der Waals surface area (Å²) in [6.07, 6.45) is 4.10. The number of hydrogen-bond donors (Lipinski definition) is 2. The molecule has 5 aromatic heterocycles. The summed E-state index contributed by atoms with van der Waals surface area (Å²) in [5.41, 5.74) is 5.59. The highest BCUT2D eigenvalue weighted by molar-refractivity contribution is 7.16. The summed E-state index contributed by atoms with van der Waals surface area (Å²) in [6.45, 7) is 4.79. The van der Waals surface area contributed by atoms with E-state index in [9.17, 15) is 0 Å². The Bertz CT molecular complexity index is 2410. The lowest BCUT2D eigenvalue weighted by atomic mass is 10.1. The number of hydrogen-bond acceptors (Lipinski definition) is 18. The topological polar surface area (TPSA) is 201 Å². The minimum atomic E-state index is 0.169. The Hall–Kier alpha value is -6.92. The number of rotatable bonds is 9. The lowest BCUT2D eigenvalue weighted by molar-refractivity contribution is 0.122. The molecule has 17 nitrogen and oxygen atoms in total. The molecule has 0 amide bonds. The zero-order valence-electron chi connectivity index (χ0n) is 28.0. The van der Waals surface area contributed by atoms with E-state index in [0.717, 1.165) is 40.0 Å². The van der Waals surface area contributed by atoms with Gasteiger partial charge >= 0.3 is 12.0 Å². The molecule has 8 aromatic rings. The minimum absolute atomic E-state index is 0.169. The fourth-order valence-electron chi connectivity index (χ4n) is 5.13. The maximum absolute atomic E-state index is 5.94. The zero-order chi connectivity index (χ0) is 35.8. The molecule has 2 N–H and O–H groups in total. The maximum atomic E-state index is 5.94. The van der Waals surface area contributed by atoms with Gasteiger partial charge in [-0.15, -0.1) is 16.4 Å². The van der Waals surface area contributed by atoms with Gasteiger partial charge in [0, 0.05) is 30.3 Å². The van der Waals surface area contributed by atoms with Crippen molar-refractivity contribution >= 4 is 51.3 Å². The molecule has 1 saturated heterocycles. The van der Waals surface area contributed by atoms with Crippen LogP contribution in [0.1, 0.15) is 5.56 Å². The third-order valence-electron chi connectivity index (χ3n) is 7.60. The van der Waals surface area contributed by atoms with Crippen molar-refractivity contribution in [2.24, 2.45) is 0 Å². The summed E-state index contributed by atoms with van der Waals surface area (Å²) in [5, 5.41) is 13.3. The number of aromatic nitrogens is 10. The smallest absolute Gasteiger partial charge is 0.327 e. The number of morpholine rings is 1. The second-order valence-corrected chi connectivity index (χ2v) is 12.2. The Morgan fingerprint density at radius 1 is 0.774 bits per heavy atom. The molecule has 3 aromatic carbocycles. The summed E-state index contributed by atoms with van der Waals surface area (Å²) in [5.74, 6) is 3.34. The molecule has 264 valence electrons. The molecule has 1 fully saturated rings. The van der Waals surface area contributed by atoms with Crippen molar-refractivity contribution in [3.05, 3.63) is 103 Å². The van der Waals surface area contributed by atoms with Crippen LogP contribution in [0.25, 0.3) is 33.0 Å². The van der Waals surface area contributed by atoms with Gasteiger partial charge < -0.3 is 23.2 Å². The first-order chi connectivity index (χ1) is 26.1. The average molecular weight is 728 g/mol. The van der Waals surface area contributed by atoms with E-state index in [1.807, 2.05) is 79.7 Å². The molecule has 6 heterocycles. The van der Waals surface area contributed by atoms with E-state index in [1.165, 1.54) is 19.0 Å². The first-order valence-electron chi connectivity index (χ1n) is 16.3. The number of fused-ring (bicyclic) bond motifs is 1. The van der Waals surface area contributed by atoms with Crippen molar-refractivity contribution in [1.29, 1.82) is 0 Å². The van der Waals surface area contributed by atoms with Gasteiger partial charge in [-0.3, -0.25) is 10.6 Å². The zero-order valence-corrected chi connectivity index (χ0v) is 28.8. The highest BCUT2D eigenvalue weighted by Gasteiger charge is 2.18. The third kappa shape index (κ3) is 8.35. The molecule has 1 aliphatic rings. The molecule has 18 heteroatoms. The Balaban J connectivity index is 0.000000154. The number of benzene rings is 3. The van der Waals surface area contributed by atoms with E-state index >= 15 is 0 Å². The molecule has 9 rings (SSSR count). The Morgan fingerprint density at radius 3 is 2.40 bits per heavy atom. The molecule has 0 radical (unpaired) electrons. The third-order valence-corrected chi connectivity index (χ3v) is 8.39. The van der Waals surface area contributed by atoms with Gasteiger partial charge in [-0.05, 0) is 25.1 Å². The predicted molar refractivity (Wildman–Crippen MR) is 195 cm³/mol. The van der Waals surface area contributed by atoms with Crippen molar-refractivity contribution in [1.82, 2.24) is 50.1 Å². The van der Waals surface area contributed by atoms with E-state index < -0.39 is 0 Å². The van der Waals surface area contributed by atoms with Crippen molar-refractivity contribution in [3.63, 3.8) is 0 Å². The van der Waals surface area contributed by atoms with Crippen molar-refractivity contribution in [2.75, 3.05) is 41.8 Å². The van der Waals surface area contributed by atoms with Gasteiger partial charge in [0.2, 0.25) is 30.1 Å². The lowest BCUT2D eigenvalue weighted by Crippen LogP contribution is -2.37. The van der Waals surface area contributed by atoms with Gasteiger partial charge in [-0.2, -0.15) is 29.9 Å². The van der Waals surface area contributed by atoms with Crippen LogP contribution in [-0.4, -0.2) is 76.4 Å². The summed E-state index contributed by atoms with van der Waals surface area (Å²) in [6, 6.07) is 23.7. The van der Waals surface area contributed by atoms with Crippen LogP contribution in [-0.2, 0) is 4.74 Å². The molecule has 0 saturated carbocycles. The van der Waals surface area contributed by atoms with Crippen LogP contribution in [0.5, 0.6) is 11.8 Å². The van der Waals surface area contributed by atoms with Gasteiger partial charge in [-0.25, -0.2) is 9.97 Å². The summed E-state index contributed by atoms with van der Waals surface area (Å²) < 4.78 is 22.7. The van der Waals surface area contributed by atoms with Gasteiger partial charge in [0.25, 0.3) is 0 Å². The van der Waals surface area contributed by atoms with E-state index in [4.69, 9.17) is 18.3 Å². The lowest BCUT2D eigenvalue weighted by Gasteiger charge is -2.27. The van der Waals surface area contributed by atoms with E-state index in [-0.39, 0.29) is 12.0 Å². The molecule has 53 heavy (non-hydrogen) atoms. The van der Waals surface area contributed by atoms with Crippen LogP contribution in [0.4, 0.5) is 29.7 Å². The highest BCUT2D eigenvalue weighted by Crippen LogP contribution is 2.28. The predicted octanol–water partition coefficient (Wildman–Crippen LogP) is 6.48. The molecule has 0 unspecified atom stereocenters. The number of thiazole rings is 1. The van der Waals surface area contributed by atoms with E-state index in [1.54, 1.807) is 16.8 Å². The van der Waals surface area contributed by atoms with Crippen molar-refractivity contribution in [3.8, 4) is 34.5 Å². The monoisotopic (exact) mass is 727 g/mol. The van der Waals surface area contributed by atoms with Crippen LogP contribution in [0.2, 0.25) is 0 Å². The van der Waals surface area contributed by atoms with Crippen LogP contribution < -0.4 is 20.3 Å². The molecule has 0 spiro atoms. The van der Waals surface area contributed by atoms with Gasteiger partial charge in [0.15, 0.2) is 18.0 Å². The number of nitrogens with zero attached hydrogens (tertiary/aromatic N) is 11. The number of anilines is 5. The summed E-state index contributed by atoms with van der Waals surface area (Å²) >= 11 is 1.54. The maximum Gasteiger partial charge on any atom is 0.327 e. The summed E-state index contributed by atoms with van der Waals surface area (Å²) in [7, 11) is 0. The molecule has 0 aliphatic carbocycles. The first-order valence-corrected chi connectivity index (χ1v) is 17.2. The van der Waals surface area contributed by atoms with Crippen molar-refractivity contribution in [2.45, 2.75) is 6.92 Å². The normalized spacial score (nSPS) is 12.6. The average Bonchev–Trinajstić information content (AvgIpc) is 4.00. The standard InChI is InChI=1S/C20H14N6O2S.C15H15N7O2/c1-12-3-2-4-13(7-12)18-24-19(23-17-9-21-10-27-17)26-20(25-18)28-14-5-6-15-16(8-14)29-11-22-15;1-2-4-11(5-3-1)12-17-13(20-15-21-16-10-24-15)19-14(18-12)22-6-8-23-9-7-22/h2-11H,1H3,(H,23,24,25,26);1-5,10H,6-9H2,(H,17,18,19,20,21). The minimum Gasteiger partial charge on any atom is -0.428 e. The second kappa shape index (κ2) is 15.5. The Kier molecular flexibility index (Phi) is 9.74. The number of oxazole rings is 1. The Morgan fingerprint density at radius 2 is 1.60 bits per heavy atom. The molecular weight excluding hydrogens is 699 g/mol. The summed E-state index contributed by atoms with van der Waals surface area (Å²) in [4.78, 5) is 37.1. The van der Waals surface area contributed by atoms with Gasteiger partial charge in [0.05, 0.1) is 35.1 Å². The SMILES string of the molecule is Cc1cccc(-c2nc(Nc3cnco3)nc(Oc3ccc4ncsc4c3)n2)c1.c1ccc(-c2nc(Nc3nnco3)nc(N3CCOCC3)n2)cc1. The number of nitrogens with one attached hydrogen (secondary N) is 2. The fourth-order valence-corrected chi connectivity index (χ4v) is 5.83. The molecule has 0 bridgehead atoms. The van der Waals surface area contributed by atoms with E-state index in [2.05, 4.69) is 65.6 Å². The van der Waals surface area contributed by atoms with Crippen molar-refractivity contribution < 1.29 is 18.3 Å². The molecule has 1 aliphatic heterocycles. The van der Waals surface area contributed by atoms with Gasteiger partial charge in [-0.1, -0.05) is 59.2 Å².